The molecule has 0 spiro atoms. The number of aliphatic hydroxyl groups is 1. The summed E-state index contributed by atoms with van der Waals surface area (Å²) in [4.78, 5) is 0. The molecule has 1 aromatic carbocycles. The monoisotopic (exact) mass is 286 g/mol. The van der Waals surface area contributed by atoms with Crippen LogP contribution in [0.5, 0.6) is 0 Å². The molecule has 2 unspecified atom stereocenters. The quantitative estimate of drug-likeness (QED) is 0.914. The van der Waals surface area contributed by atoms with Crippen LogP contribution < -0.4 is 0 Å². The number of rotatable bonds is 4. The molecule has 1 fully saturated rings. The Hall–Kier alpha value is -0.640. The summed E-state index contributed by atoms with van der Waals surface area (Å²) in [5, 5.41) is 11.0. The lowest BCUT2D eigenvalue weighted by atomic mass is 9.83. The average molecular weight is 287 g/mol. The van der Waals surface area contributed by atoms with Gasteiger partial charge < -0.3 is 9.84 Å². The molecule has 106 valence electrons. The molecule has 2 rings (SSSR count). The van der Waals surface area contributed by atoms with Crippen LogP contribution in [-0.2, 0) is 11.2 Å². The van der Waals surface area contributed by atoms with Gasteiger partial charge in [-0.15, -0.1) is 0 Å². The Bertz CT molecular complexity index is 416. The van der Waals surface area contributed by atoms with Gasteiger partial charge in [-0.3, -0.25) is 0 Å². The molecule has 0 saturated carbocycles. The van der Waals surface area contributed by atoms with Crippen LogP contribution in [0.1, 0.15) is 38.2 Å². The van der Waals surface area contributed by atoms with Gasteiger partial charge in [-0.2, -0.15) is 0 Å². The van der Waals surface area contributed by atoms with E-state index in [1.165, 1.54) is 6.07 Å². The van der Waals surface area contributed by atoms with Crippen LogP contribution in [0.4, 0.5) is 4.39 Å². The van der Waals surface area contributed by atoms with E-state index in [0.717, 1.165) is 12.8 Å². The highest BCUT2D eigenvalue weighted by Gasteiger charge is 2.35. The number of halogens is 2. The van der Waals surface area contributed by atoms with E-state index in [0.29, 0.717) is 30.0 Å². The van der Waals surface area contributed by atoms with Crippen molar-refractivity contribution in [3.63, 3.8) is 0 Å². The van der Waals surface area contributed by atoms with Crippen LogP contribution >= 0.6 is 11.6 Å². The average Bonchev–Trinajstić information content (AvgIpc) is 2.35. The molecular formula is C15H20ClFO2. The van der Waals surface area contributed by atoms with E-state index in [4.69, 9.17) is 16.3 Å². The SMILES string of the molecule is CCCC1CC(O)(Cc2c(F)cccc2Cl)CCO1. The Kier molecular flexibility index (Phi) is 4.82. The number of hydrogen-bond acceptors (Lipinski definition) is 2. The van der Waals surface area contributed by atoms with Gasteiger partial charge in [0.1, 0.15) is 5.82 Å². The highest BCUT2D eigenvalue weighted by molar-refractivity contribution is 6.31. The Balaban J connectivity index is 2.12. The molecule has 0 radical (unpaired) electrons. The van der Waals surface area contributed by atoms with Crippen LogP contribution in [0.3, 0.4) is 0 Å². The standard InChI is InChI=1S/C15H20ClFO2/c1-2-4-11-9-15(18,7-8-19-11)10-12-13(16)5-3-6-14(12)17/h3,5-6,11,18H,2,4,7-10H2,1H3. The number of hydrogen-bond donors (Lipinski definition) is 1. The third kappa shape index (κ3) is 3.68. The summed E-state index contributed by atoms with van der Waals surface area (Å²) in [6.45, 7) is 2.61. The summed E-state index contributed by atoms with van der Waals surface area (Å²) >= 11 is 6.03. The second-order valence-corrected chi connectivity index (χ2v) is 5.74. The second kappa shape index (κ2) is 6.21. The molecule has 1 aliphatic rings. The molecule has 2 nitrogen and oxygen atoms in total. The first-order valence-corrected chi connectivity index (χ1v) is 7.19. The first-order chi connectivity index (χ1) is 9.04. The van der Waals surface area contributed by atoms with E-state index in [-0.39, 0.29) is 18.3 Å². The van der Waals surface area contributed by atoms with Crippen molar-refractivity contribution in [1.82, 2.24) is 0 Å². The van der Waals surface area contributed by atoms with Crippen LogP contribution in [0.15, 0.2) is 18.2 Å². The fourth-order valence-electron chi connectivity index (χ4n) is 2.70. The molecule has 1 aliphatic heterocycles. The normalized spacial score (nSPS) is 27.5. The van der Waals surface area contributed by atoms with E-state index < -0.39 is 5.60 Å². The number of ether oxygens (including phenoxy) is 1. The van der Waals surface area contributed by atoms with Gasteiger partial charge in [0, 0.05) is 30.0 Å². The van der Waals surface area contributed by atoms with Gasteiger partial charge in [0.15, 0.2) is 0 Å². The Morgan fingerprint density at radius 2 is 2.32 bits per heavy atom. The molecule has 4 heteroatoms. The van der Waals surface area contributed by atoms with Crippen LogP contribution in [0, 0.1) is 5.82 Å². The molecule has 1 aromatic rings. The lowest BCUT2D eigenvalue weighted by Gasteiger charge is -2.37. The van der Waals surface area contributed by atoms with Crippen molar-refractivity contribution >= 4 is 11.6 Å². The Labute approximate surface area is 118 Å². The largest absolute Gasteiger partial charge is 0.389 e. The summed E-state index contributed by atoms with van der Waals surface area (Å²) in [7, 11) is 0. The summed E-state index contributed by atoms with van der Waals surface area (Å²) in [6, 6.07) is 4.62. The van der Waals surface area contributed by atoms with Crippen molar-refractivity contribution in [1.29, 1.82) is 0 Å². The zero-order valence-corrected chi connectivity index (χ0v) is 11.9. The van der Waals surface area contributed by atoms with E-state index in [2.05, 4.69) is 6.92 Å². The zero-order chi connectivity index (χ0) is 13.9. The second-order valence-electron chi connectivity index (χ2n) is 5.34. The fraction of sp³-hybridized carbons (Fsp3) is 0.600. The van der Waals surface area contributed by atoms with Gasteiger partial charge in [0.25, 0.3) is 0 Å². The maximum Gasteiger partial charge on any atom is 0.127 e. The first-order valence-electron chi connectivity index (χ1n) is 6.81. The summed E-state index contributed by atoms with van der Waals surface area (Å²) in [6.07, 6.45) is 3.33. The van der Waals surface area contributed by atoms with Crippen LogP contribution in [0.2, 0.25) is 5.02 Å². The van der Waals surface area contributed by atoms with Gasteiger partial charge in [-0.25, -0.2) is 4.39 Å². The predicted molar refractivity (Wildman–Crippen MR) is 73.9 cm³/mol. The predicted octanol–water partition coefficient (Wildman–Crippen LogP) is 3.73. The van der Waals surface area contributed by atoms with Crippen LogP contribution in [-0.4, -0.2) is 23.4 Å². The van der Waals surface area contributed by atoms with Gasteiger partial charge in [-0.1, -0.05) is 31.0 Å². The maximum absolute atomic E-state index is 13.8. The molecule has 1 saturated heterocycles. The van der Waals surface area contributed by atoms with Crippen molar-refractivity contribution in [2.24, 2.45) is 0 Å². The maximum atomic E-state index is 13.8. The zero-order valence-electron chi connectivity index (χ0n) is 11.2. The molecule has 2 atom stereocenters. The van der Waals surface area contributed by atoms with E-state index in [9.17, 15) is 9.50 Å². The Morgan fingerprint density at radius 1 is 1.53 bits per heavy atom. The van der Waals surface area contributed by atoms with Gasteiger partial charge in [0.05, 0.1) is 11.7 Å². The Morgan fingerprint density at radius 3 is 3.00 bits per heavy atom. The van der Waals surface area contributed by atoms with Gasteiger partial charge >= 0.3 is 0 Å². The molecule has 0 aromatic heterocycles. The molecule has 1 heterocycles. The summed E-state index contributed by atoms with van der Waals surface area (Å²) in [5.41, 5.74) is -0.506. The highest BCUT2D eigenvalue weighted by atomic mass is 35.5. The van der Waals surface area contributed by atoms with Crippen molar-refractivity contribution in [2.75, 3.05) is 6.61 Å². The highest BCUT2D eigenvalue weighted by Crippen LogP contribution is 2.33. The van der Waals surface area contributed by atoms with Crippen molar-refractivity contribution < 1.29 is 14.2 Å². The minimum absolute atomic E-state index is 0.0642. The van der Waals surface area contributed by atoms with E-state index in [1.54, 1.807) is 12.1 Å². The van der Waals surface area contributed by atoms with E-state index in [1.807, 2.05) is 0 Å². The summed E-state index contributed by atoms with van der Waals surface area (Å²) < 4.78 is 19.4. The van der Waals surface area contributed by atoms with Crippen molar-refractivity contribution in [3.05, 3.63) is 34.6 Å². The summed E-state index contributed by atoms with van der Waals surface area (Å²) in [5.74, 6) is -0.348. The lowest BCUT2D eigenvalue weighted by Crippen LogP contribution is -2.42. The minimum Gasteiger partial charge on any atom is -0.389 e. The van der Waals surface area contributed by atoms with Gasteiger partial charge in [0.2, 0.25) is 0 Å². The smallest absolute Gasteiger partial charge is 0.127 e. The first kappa shape index (κ1) is 14.8. The van der Waals surface area contributed by atoms with Crippen molar-refractivity contribution in [2.45, 2.75) is 50.7 Å². The third-order valence-electron chi connectivity index (χ3n) is 3.71. The topological polar surface area (TPSA) is 29.5 Å². The molecule has 1 N–H and O–H groups in total. The third-order valence-corrected chi connectivity index (χ3v) is 4.06. The molecule has 0 aliphatic carbocycles. The molecule has 19 heavy (non-hydrogen) atoms. The van der Waals surface area contributed by atoms with Crippen molar-refractivity contribution in [3.8, 4) is 0 Å². The molecule has 0 amide bonds. The lowest BCUT2D eigenvalue weighted by molar-refractivity contribution is -0.105. The number of benzene rings is 1. The van der Waals surface area contributed by atoms with Crippen LogP contribution in [0.25, 0.3) is 0 Å². The van der Waals surface area contributed by atoms with Gasteiger partial charge in [-0.05, 0) is 25.0 Å². The molecule has 0 bridgehead atoms. The minimum atomic E-state index is -0.913. The van der Waals surface area contributed by atoms with E-state index >= 15 is 0 Å². The molecular weight excluding hydrogens is 267 g/mol. The fourth-order valence-corrected chi connectivity index (χ4v) is 2.93.